The molecule has 1 amide bonds. The van der Waals surface area contributed by atoms with Gasteiger partial charge in [-0.25, -0.2) is 0 Å². The molecule has 0 aromatic carbocycles. The Balaban J connectivity index is 2.70. The predicted octanol–water partition coefficient (Wildman–Crippen LogP) is 1.36. The van der Waals surface area contributed by atoms with Gasteiger partial charge in [-0.15, -0.1) is 0 Å². The minimum absolute atomic E-state index is 0.0243. The lowest BCUT2D eigenvalue weighted by atomic mass is 9.69. The highest BCUT2D eigenvalue weighted by atomic mass is 16.4. The Kier molecular flexibility index (Phi) is 7.36. The molecule has 1 aliphatic carbocycles. The van der Waals surface area contributed by atoms with Gasteiger partial charge in [0.25, 0.3) is 0 Å². The molecule has 0 aromatic rings. The van der Waals surface area contributed by atoms with Gasteiger partial charge in [0, 0.05) is 18.0 Å². The van der Waals surface area contributed by atoms with Crippen LogP contribution >= 0.6 is 0 Å². The van der Waals surface area contributed by atoms with Gasteiger partial charge < -0.3 is 20.3 Å². The van der Waals surface area contributed by atoms with Crippen molar-refractivity contribution in [3.05, 3.63) is 0 Å². The third-order valence-corrected chi connectivity index (χ3v) is 4.37. The van der Waals surface area contributed by atoms with E-state index in [0.29, 0.717) is 18.2 Å². The van der Waals surface area contributed by atoms with Crippen LogP contribution in [0.1, 0.15) is 46.5 Å². The molecular formula is C16H33BN2O3. The molecule has 1 unspecified atom stereocenters. The average Bonchev–Trinajstić information content (AvgIpc) is 2.34. The van der Waals surface area contributed by atoms with E-state index in [-0.39, 0.29) is 17.4 Å². The fourth-order valence-corrected chi connectivity index (χ4v) is 3.44. The number of amides is 1. The molecule has 1 fully saturated rings. The molecule has 0 heterocycles. The molecule has 22 heavy (non-hydrogen) atoms. The molecule has 6 heteroatoms. The lowest BCUT2D eigenvalue weighted by Crippen LogP contribution is -2.48. The zero-order chi connectivity index (χ0) is 16.9. The summed E-state index contributed by atoms with van der Waals surface area (Å²) in [5, 5.41) is 21.2. The van der Waals surface area contributed by atoms with E-state index in [1.165, 1.54) is 0 Å². The lowest BCUT2D eigenvalue weighted by Gasteiger charge is -2.38. The van der Waals surface area contributed by atoms with Crippen LogP contribution in [0.4, 0.5) is 0 Å². The summed E-state index contributed by atoms with van der Waals surface area (Å²) in [4.78, 5) is 14.8. The number of rotatable bonds is 6. The van der Waals surface area contributed by atoms with Crippen LogP contribution in [0.15, 0.2) is 0 Å². The Hall–Kier alpha value is -0.585. The standard InChI is InChI=1S/C16H33BN2O3/c1-16(2,3)18-15(20)14-10-12(8-9-17(21)22)6-7-13(14)11-19(4)5/h12-14,21-22H,6-11H2,1-5H3,(H,18,20)/t12-,13+,14?/m0/s1. The topological polar surface area (TPSA) is 72.8 Å². The molecule has 1 rings (SSSR count). The van der Waals surface area contributed by atoms with Crippen molar-refractivity contribution >= 4 is 13.0 Å². The number of nitrogens with zero attached hydrogens (tertiary/aromatic N) is 1. The van der Waals surface area contributed by atoms with Gasteiger partial charge in [-0.1, -0.05) is 12.8 Å². The van der Waals surface area contributed by atoms with Gasteiger partial charge in [0.05, 0.1) is 0 Å². The highest BCUT2D eigenvalue weighted by Crippen LogP contribution is 2.37. The van der Waals surface area contributed by atoms with Crippen LogP contribution in [-0.2, 0) is 4.79 Å². The van der Waals surface area contributed by atoms with Crippen molar-refractivity contribution in [2.24, 2.45) is 17.8 Å². The Bertz CT molecular complexity index is 356. The second-order valence-electron chi connectivity index (χ2n) is 8.11. The van der Waals surface area contributed by atoms with Gasteiger partial charge >= 0.3 is 7.12 Å². The smallest absolute Gasteiger partial charge is 0.427 e. The first-order valence-corrected chi connectivity index (χ1v) is 8.41. The van der Waals surface area contributed by atoms with Gasteiger partial charge in [-0.05, 0) is 65.9 Å². The van der Waals surface area contributed by atoms with Crippen molar-refractivity contribution < 1.29 is 14.8 Å². The Morgan fingerprint density at radius 2 is 1.91 bits per heavy atom. The zero-order valence-electron chi connectivity index (χ0n) is 14.8. The average molecular weight is 312 g/mol. The summed E-state index contributed by atoms with van der Waals surface area (Å²) < 4.78 is 0. The quantitative estimate of drug-likeness (QED) is 0.648. The molecule has 3 atom stereocenters. The molecule has 1 aliphatic rings. The van der Waals surface area contributed by atoms with Crippen molar-refractivity contribution in [1.82, 2.24) is 10.2 Å². The first-order chi connectivity index (χ1) is 10.1. The molecule has 5 nitrogen and oxygen atoms in total. The zero-order valence-corrected chi connectivity index (χ0v) is 14.8. The van der Waals surface area contributed by atoms with Crippen LogP contribution in [0, 0.1) is 17.8 Å². The number of hydrogen-bond acceptors (Lipinski definition) is 4. The van der Waals surface area contributed by atoms with E-state index < -0.39 is 7.12 Å². The maximum atomic E-state index is 12.7. The molecule has 128 valence electrons. The van der Waals surface area contributed by atoms with Gasteiger partial charge in [0.2, 0.25) is 5.91 Å². The van der Waals surface area contributed by atoms with Crippen molar-refractivity contribution in [1.29, 1.82) is 0 Å². The number of carbonyl (C=O) groups excluding carboxylic acids is 1. The van der Waals surface area contributed by atoms with Gasteiger partial charge in [-0.3, -0.25) is 4.79 Å². The van der Waals surface area contributed by atoms with Crippen molar-refractivity contribution in [3.8, 4) is 0 Å². The first kappa shape index (κ1) is 19.5. The Morgan fingerprint density at radius 3 is 2.41 bits per heavy atom. The SMILES string of the molecule is CN(C)C[C@H]1CC[C@@H](CCB(O)O)CC1C(=O)NC(C)(C)C. The molecule has 0 spiro atoms. The third kappa shape index (κ3) is 7.12. The summed E-state index contributed by atoms with van der Waals surface area (Å²) in [7, 11) is 2.86. The fraction of sp³-hybridized carbons (Fsp3) is 0.938. The van der Waals surface area contributed by atoms with E-state index in [1.54, 1.807) is 0 Å². The molecule has 0 saturated heterocycles. The maximum absolute atomic E-state index is 12.7. The molecule has 0 radical (unpaired) electrons. The summed E-state index contributed by atoms with van der Waals surface area (Å²) in [5.41, 5.74) is -0.214. The molecule has 0 bridgehead atoms. The van der Waals surface area contributed by atoms with Crippen LogP contribution in [0.3, 0.4) is 0 Å². The van der Waals surface area contributed by atoms with Crippen LogP contribution in [0.5, 0.6) is 0 Å². The predicted molar refractivity (Wildman–Crippen MR) is 90.4 cm³/mol. The summed E-state index contributed by atoms with van der Waals surface area (Å²) >= 11 is 0. The summed E-state index contributed by atoms with van der Waals surface area (Å²) in [6.07, 6.45) is 4.15. The largest absolute Gasteiger partial charge is 0.451 e. The van der Waals surface area contributed by atoms with Crippen molar-refractivity contribution in [2.45, 2.75) is 58.3 Å². The van der Waals surface area contributed by atoms with Crippen molar-refractivity contribution in [3.63, 3.8) is 0 Å². The molecule has 1 saturated carbocycles. The maximum Gasteiger partial charge on any atom is 0.451 e. The second-order valence-corrected chi connectivity index (χ2v) is 8.11. The lowest BCUT2D eigenvalue weighted by molar-refractivity contribution is -0.130. The van der Waals surface area contributed by atoms with Gasteiger partial charge in [-0.2, -0.15) is 0 Å². The summed E-state index contributed by atoms with van der Waals surface area (Å²) in [5.74, 6) is 0.966. The highest BCUT2D eigenvalue weighted by Gasteiger charge is 2.36. The number of carbonyl (C=O) groups is 1. The highest BCUT2D eigenvalue weighted by molar-refractivity contribution is 6.40. The van der Waals surface area contributed by atoms with E-state index >= 15 is 0 Å². The minimum Gasteiger partial charge on any atom is -0.427 e. The molecule has 3 N–H and O–H groups in total. The van der Waals surface area contributed by atoms with E-state index in [4.69, 9.17) is 10.0 Å². The number of hydrogen-bond donors (Lipinski definition) is 3. The second kappa shape index (κ2) is 8.32. The van der Waals surface area contributed by atoms with Crippen molar-refractivity contribution in [2.75, 3.05) is 20.6 Å². The normalized spacial score (nSPS) is 26.1. The summed E-state index contributed by atoms with van der Waals surface area (Å²) in [6, 6.07) is 0. The van der Waals surface area contributed by atoms with Crippen LogP contribution < -0.4 is 5.32 Å². The van der Waals surface area contributed by atoms with Gasteiger partial charge in [0.15, 0.2) is 0 Å². The van der Waals surface area contributed by atoms with E-state index in [2.05, 4.69) is 10.2 Å². The third-order valence-electron chi connectivity index (χ3n) is 4.37. The van der Waals surface area contributed by atoms with E-state index in [0.717, 1.165) is 32.2 Å². The fourth-order valence-electron chi connectivity index (χ4n) is 3.44. The molecule has 0 aromatic heterocycles. The van der Waals surface area contributed by atoms with Crippen LogP contribution in [0.25, 0.3) is 0 Å². The minimum atomic E-state index is -1.23. The summed E-state index contributed by atoms with van der Waals surface area (Å²) in [6.45, 7) is 6.95. The molecular weight excluding hydrogens is 279 g/mol. The monoisotopic (exact) mass is 312 g/mol. The van der Waals surface area contributed by atoms with E-state index in [9.17, 15) is 4.79 Å². The van der Waals surface area contributed by atoms with E-state index in [1.807, 2.05) is 34.9 Å². The Labute approximate surface area is 135 Å². The Morgan fingerprint density at radius 1 is 1.27 bits per heavy atom. The van der Waals surface area contributed by atoms with Crippen LogP contribution in [0.2, 0.25) is 6.32 Å². The molecule has 0 aliphatic heterocycles. The number of nitrogens with one attached hydrogen (secondary N) is 1. The first-order valence-electron chi connectivity index (χ1n) is 8.41. The van der Waals surface area contributed by atoms with Gasteiger partial charge in [0.1, 0.15) is 0 Å². The van der Waals surface area contributed by atoms with Crippen LogP contribution in [-0.4, -0.2) is 54.2 Å².